The number of allylic oxidation sites excluding steroid dienone is 1. The van der Waals surface area contributed by atoms with Crippen LogP contribution in [0.5, 0.6) is 5.75 Å². The molecule has 0 N–H and O–H groups in total. The number of esters is 1. The van der Waals surface area contributed by atoms with Crippen LogP contribution in [0.1, 0.15) is 42.1 Å². The van der Waals surface area contributed by atoms with Crippen LogP contribution in [0.4, 0.5) is 0 Å². The maximum absolute atomic E-state index is 13.9. The van der Waals surface area contributed by atoms with Crippen LogP contribution < -0.4 is 19.6 Å². The molecule has 5 rings (SSSR count). The standard InChI is InChI=1S/C31H22BrClIN3O4S/c1-3-40-30(39)26-17(2)36-31-37(27(26)21-6-4-5-7-23(21)33)29(38)25(42-31)14-20-12-22(32)28(24(34)13-20)41-16-19-10-8-18(15-35)9-11-19/h4-14,27H,3,16H2,1-2H3/b25-14-/t27-/m1/s1. The lowest BCUT2D eigenvalue weighted by molar-refractivity contribution is -0.139. The Morgan fingerprint density at radius 3 is 2.64 bits per heavy atom. The highest BCUT2D eigenvalue weighted by molar-refractivity contribution is 14.1. The molecule has 3 aromatic carbocycles. The quantitative estimate of drug-likeness (QED) is 0.163. The Hall–Kier alpha value is -3.24. The first-order valence-electron chi connectivity index (χ1n) is 12.8. The average molecular weight is 775 g/mol. The topological polar surface area (TPSA) is 93.7 Å². The molecule has 4 aromatic rings. The number of fused-ring (bicyclic) bond motifs is 1. The van der Waals surface area contributed by atoms with E-state index in [0.717, 1.165) is 19.2 Å². The summed E-state index contributed by atoms with van der Waals surface area (Å²) in [5.74, 6) is 0.139. The summed E-state index contributed by atoms with van der Waals surface area (Å²) < 4.78 is 15.0. The Bertz CT molecular complexity index is 1940. The molecule has 1 aliphatic rings. The normalized spacial score (nSPS) is 14.7. The zero-order chi connectivity index (χ0) is 30.0. The van der Waals surface area contributed by atoms with E-state index in [2.05, 4.69) is 49.6 Å². The van der Waals surface area contributed by atoms with Crippen LogP contribution in [0.15, 0.2) is 86.2 Å². The van der Waals surface area contributed by atoms with Gasteiger partial charge < -0.3 is 9.47 Å². The minimum atomic E-state index is -0.777. The number of nitriles is 1. The van der Waals surface area contributed by atoms with Crippen molar-refractivity contribution in [3.8, 4) is 11.8 Å². The maximum atomic E-state index is 13.9. The van der Waals surface area contributed by atoms with Gasteiger partial charge >= 0.3 is 5.97 Å². The number of carbonyl (C=O) groups excluding carboxylic acids is 1. The molecular formula is C31H22BrClIN3O4S. The molecule has 212 valence electrons. The van der Waals surface area contributed by atoms with Crippen molar-refractivity contribution in [3.05, 3.63) is 127 Å². The molecule has 2 heterocycles. The second-order valence-electron chi connectivity index (χ2n) is 9.23. The smallest absolute Gasteiger partial charge is 0.338 e. The number of hydrogen-bond acceptors (Lipinski definition) is 7. The van der Waals surface area contributed by atoms with Gasteiger partial charge in [-0.1, -0.05) is 53.3 Å². The van der Waals surface area contributed by atoms with E-state index in [1.807, 2.05) is 30.3 Å². The molecule has 0 spiro atoms. The molecule has 42 heavy (non-hydrogen) atoms. The summed E-state index contributed by atoms with van der Waals surface area (Å²) in [6, 6.07) is 19.5. The average Bonchev–Trinajstić information content (AvgIpc) is 3.26. The van der Waals surface area contributed by atoms with E-state index in [1.165, 1.54) is 15.9 Å². The van der Waals surface area contributed by atoms with Gasteiger partial charge in [-0.25, -0.2) is 9.79 Å². The molecule has 7 nitrogen and oxygen atoms in total. The largest absolute Gasteiger partial charge is 0.487 e. The van der Waals surface area contributed by atoms with Crippen molar-refractivity contribution in [1.29, 1.82) is 5.26 Å². The Labute approximate surface area is 272 Å². The van der Waals surface area contributed by atoms with Crippen LogP contribution in [0.2, 0.25) is 5.02 Å². The lowest BCUT2D eigenvalue weighted by atomic mass is 9.96. The van der Waals surface area contributed by atoms with Gasteiger partial charge in [-0.05, 0) is 105 Å². The van der Waals surface area contributed by atoms with Crippen LogP contribution in [-0.4, -0.2) is 17.1 Å². The molecule has 0 saturated heterocycles. The van der Waals surface area contributed by atoms with Crippen LogP contribution in [0.25, 0.3) is 6.08 Å². The van der Waals surface area contributed by atoms with E-state index in [-0.39, 0.29) is 17.7 Å². The van der Waals surface area contributed by atoms with Gasteiger partial charge in [-0.15, -0.1) is 0 Å². The number of benzene rings is 3. The van der Waals surface area contributed by atoms with Gasteiger partial charge in [0, 0.05) is 5.02 Å². The summed E-state index contributed by atoms with van der Waals surface area (Å²) in [7, 11) is 0. The van der Waals surface area contributed by atoms with Gasteiger partial charge in [-0.3, -0.25) is 9.36 Å². The third-order valence-electron chi connectivity index (χ3n) is 6.50. The molecule has 0 unspecified atom stereocenters. The number of carbonyl (C=O) groups is 1. The molecule has 0 aliphatic carbocycles. The third kappa shape index (κ3) is 6.10. The first kappa shape index (κ1) is 30.2. The van der Waals surface area contributed by atoms with E-state index in [0.29, 0.717) is 43.5 Å². The summed E-state index contributed by atoms with van der Waals surface area (Å²) in [6.07, 6.45) is 1.80. The Morgan fingerprint density at radius 2 is 1.98 bits per heavy atom. The van der Waals surface area contributed by atoms with E-state index in [1.54, 1.807) is 50.3 Å². The third-order valence-corrected chi connectivity index (χ3v) is 9.22. The first-order chi connectivity index (χ1) is 20.2. The predicted molar refractivity (Wildman–Crippen MR) is 174 cm³/mol. The zero-order valence-electron chi connectivity index (χ0n) is 22.4. The second kappa shape index (κ2) is 13.0. The molecule has 0 amide bonds. The number of hydrogen-bond donors (Lipinski definition) is 0. The number of ether oxygens (including phenoxy) is 2. The van der Waals surface area contributed by atoms with Crippen molar-refractivity contribution in [3.63, 3.8) is 0 Å². The van der Waals surface area contributed by atoms with Crippen molar-refractivity contribution in [2.24, 2.45) is 4.99 Å². The van der Waals surface area contributed by atoms with Gasteiger partial charge in [0.15, 0.2) is 4.80 Å². The van der Waals surface area contributed by atoms with Gasteiger partial charge in [0.05, 0.1) is 42.1 Å². The summed E-state index contributed by atoms with van der Waals surface area (Å²) in [4.78, 5) is 32.1. The number of thiazole rings is 1. The zero-order valence-corrected chi connectivity index (χ0v) is 27.7. The molecule has 1 aromatic heterocycles. The molecule has 0 bridgehead atoms. The SMILES string of the molecule is CCOC(=O)C1=C(C)N=c2s/c(=C\c3cc(Br)c(OCc4ccc(C#N)cc4)c(I)c3)c(=O)n2[C@@H]1c1ccccc1Cl. The Morgan fingerprint density at radius 1 is 1.24 bits per heavy atom. The molecule has 0 fully saturated rings. The first-order valence-corrected chi connectivity index (χ1v) is 15.8. The molecule has 11 heteroatoms. The molecule has 0 saturated carbocycles. The van der Waals surface area contributed by atoms with Crippen molar-refractivity contribution in [2.75, 3.05) is 6.61 Å². The van der Waals surface area contributed by atoms with Gasteiger partial charge in [0.1, 0.15) is 18.4 Å². The minimum Gasteiger partial charge on any atom is -0.487 e. The van der Waals surface area contributed by atoms with Crippen LogP contribution in [-0.2, 0) is 16.1 Å². The lowest BCUT2D eigenvalue weighted by Crippen LogP contribution is -2.40. The summed E-state index contributed by atoms with van der Waals surface area (Å²) in [5.41, 5.74) is 3.41. The fourth-order valence-electron chi connectivity index (χ4n) is 4.57. The van der Waals surface area contributed by atoms with E-state index >= 15 is 0 Å². The summed E-state index contributed by atoms with van der Waals surface area (Å²) >= 11 is 13.6. The molecule has 0 radical (unpaired) electrons. The van der Waals surface area contributed by atoms with Crippen molar-refractivity contribution < 1.29 is 14.3 Å². The fraction of sp³-hybridized carbons (Fsp3) is 0.161. The number of rotatable bonds is 7. The monoisotopic (exact) mass is 773 g/mol. The van der Waals surface area contributed by atoms with Gasteiger partial charge in [-0.2, -0.15) is 5.26 Å². The highest BCUT2D eigenvalue weighted by atomic mass is 127. The van der Waals surface area contributed by atoms with Crippen molar-refractivity contribution >= 4 is 73.5 Å². The van der Waals surface area contributed by atoms with Crippen molar-refractivity contribution in [1.82, 2.24) is 4.57 Å². The Balaban J connectivity index is 1.54. The maximum Gasteiger partial charge on any atom is 0.338 e. The van der Waals surface area contributed by atoms with Gasteiger partial charge in [0.25, 0.3) is 5.56 Å². The van der Waals surface area contributed by atoms with E-state index in [4.69, 9.17) is 26.3 Å². The van der Waals surface area contributed by atoms with E-state index < -0.39 is 12.0 Å². The molecule has 1 atom stereocenters. The Kier molecular flexibility index (Phi) is 9.32. The van der Waals surface area contributed by atoms with Gasteiger partial charge in [0.2, 0.25) is 0 Å². The minimum absolute atomic E-state index is 0.190. The molecule has 1 aliphatic heterocycles. The second-order valence-corrected chi connectivity index (χ2v) is 12.7. The number of aromatic nitrogens is 1. The fourth-order valence-corrected chi connectivity index (χ4v) is 7.62. The van der Waals surface area contributed by atoms with Crippen molar-refractivity contribution in [2.45, 2.75) is 26.5 Å². The van der Waals surface area contributed by atoms with Crippen LogP contribution >= 0.6 is 61.5 Å². The summed E-state index contributed by atoms with van der Waals surface area (Å²) in [6.45, 7) is 4.00. The summed E-state index contributed by atoms with van der Waals surface area (Å²) in [5, 5.41) is 9.44. The number of halogens is 3. The van der Waals surface area contributed by atoms with Crippen LogP contribution in [0, 0.1) is 14.9 Å². The highest BCUT2D eigenvalue weighted by Gasteiger charge is 2.34. The molecular weight excluding hydrogens is 753 g/mol. The lowest BCUT2D eigenvalue weighted by Gasteiger charge is -2.25. The predicted octanol–water partition coefficient (Wildman–Crippen LogP) is 6.27. The van der Waals surface area contributed by atoms with E-state index in [9.17, 15) is 9.59 Å². The highest BCUT2D eigenvalue weighted by Crippen LogP contribution is 2.35. The number of nitrogens with zero attached hydrogens (tertiary/aromatic N) is 3. The van der Waals surface area contributed by atoms with Crippen LogP contribution in [0.3, 0.4) is 0 Å².